The molecule has 128 valence electrons. The maximum Gasteiger partial charge on any atom is 0.328 e. The molecule has 0 radical (unpaired) electrons. The predicted molar refractivity (Wildman–Crippen MR) is 85.2 cm³/mol. The number of unbranched alkanes of at least 4 members (excludes halogenated alkanes) is 3. The number of hydrogen-bond acceptors (Lipinski definition) is 4. The van der Waals surface area contributed by atoms with Crippen molar-refractivity contribution in [2.75, 3.05) is 13.2 Å². The third-order valence-corrected chi connectivity index (χ3v) is 3.20. The monoisotopic (exact) mass is 314 g/mol. The lowest BCUT2D eigenvalue weighted by Crippen LogP contribution is -2.40. The fraction of sp³-hybridized carbons (Fsp3) is 0.812. The van der Waals surface area contributed by atoms with Crippen molar-refractivity contribution >= 4 is 17.8 Å². The summed E-state index contributed by atoms with van der Waals surface area (Å²) in [5.74, 6) is -0.628. The molecule has 0 bridgehead atoms. The Balaban J connectivity index is 3.89. The number of rotatable bonds is 12. The van der Waals surface area contributed by atoms with Crippen LogP contribution >= 0.6 is 0 Å². The Morgan fingerprint density at radius 3 is 2.36 bits per heavy atom. The molecule has 0 fully saturated rings. The lowest BCUT2D eigenvalue weighted by Gasteiger charge is -2.16. The Labute approximate surface area is 133 Å². The number of esters is 1. The van der Waals surface area contributed by atoms with E-state index in [1.165, 1.54) is 6.92 Å². The quantitative estimate of drug-likeness (QED) is 0.426. The number of ether oxygens (including phenoxy) is 1. The Morgan fingerprint density at radius 2 is 1.77 bits per heavy atom. The summed E-state index contributed by atoms with van der Waals surface area (Å²) in [5, 5.41) is 5.47. The van der Waals surface area contributed by atoms with Crippen LogP contribution in [0.2, 0.25) is 0 Å². The van der Waals surface area contributed by atoms with E-state index in [0.29, 0.717) is 25.7 Å². The highest BCUT2D eigenvalue weighted by Gasteiger charge is 2.20. The minimum absolute atomic E-state index is 0.0447. The van der Waals surface area contributed by atoms with Gasteiger partial charge in [-0.3, -0.25) is 9.59 Å². The van der Waals surface area contributed by atoms with E-state index in [2.05, 4.69) is 17.6 Å². The maximum absolute atomic E-state index is 11.7. The Morgan fingerprint density at radius 1 is 1.05 bits per heavy atom. The van der Waals surface area contributed by atoms with Gasteiger partial charge in [0.2, 0.25) is 11.8 Å². The zero-order valence-corrected chi connectivity index (χ0v) is 14.1. The van der Waals surface area contributed by atoms with Crippen LogP contribution in [0.15, 0.2) is 0 Å². The molecule has 2 amide bonds. The van der Waals surface area contributed by atoms with Crippen LogP contribution in [0.5, 0.6) is 0 Å². The molecule has 6 nitrogen and oxygen atoms in total. The molecule has 1 atom stereocenters. The topological polar surface area (TPSA) is 84.5 Å². The normalized spacial score (nSPS) is 11.6. The van der Waals surface area contributed by atoms with E-state index in [1.807, 2.05) is 0 Å². The molecule has 0 saturated carbocycles. The fourth-order valence-corrected chi connectivity index (χ4v) is 2.06. The average Bonchev–Trinajstić information content (AvgIpc) is 2.46. The molecule has 22 heavy (non-hydrogen) atoms. The van der Waals surface area contributed by atoms with E-state index >= 15 is 0 Å². The average molecular weight is 314 g/mol. The smallest absolute Gasteiger partial charge is 0.328 e. The summed E-state index contributed by atoms with van der Waals surface area (Å²) in [7, 11) is 0. The molecule has 0 aliphatic heterocycles. The van der Waals surface area contributed by atoms with Gasteiger partial charge in [-0.05, 0) is 26.2 Å². The number of carbonyl (C=O) groups excluding carboxylic acids is 3. The van der Waals surface area contributed by atoms with Crippen LogP contribution in [0.1, 0.15) is 65.7 Å². The van der Waals surface area contributed by atoms with Gasteiger partial charge >= 0.3 is 5.97 Å². The molecule has 0 spiro atoms. The summed E-state index contributed by atoms with van der Waals surface area (Å²) in [6.07, 6.45) is 5.58. The number of amides is 2. The molecule has 0 aromatic rings. The standard InChI is InChI=1S/C16H30N2O4/c1-4-6-9-12-17-15(20)11-8-7-10-14(18-13(3)19)16(21)22-5-2/h14H,4-12H2,1-3H3,(H,17,20)(H,18,19)/t14-/m0/s1. The van der Waals surface area contributed by atoms with Crippen LogP contribution in [0.25, 0.3) is 0 Å². The largest absolute Gasteiger partial charge is 0.464 e. The lowest BCUT2D eigenvalue weighted by atomic mass is 10.1. The van der Waals surface area contributed by atoms with Crippen LogP contribution < -0.4 is 10.6 Å². The maximum atomic E-state index is 11.7. The van der Waals surface area contributed by atoms with E-state index in [0.717, 1.165) is 25.8 Å². The van der Waals surface area contributed by atoms with E-state index in [-0.39, 0.29) is 18.4 Å². The Hall–Kier alpha value is -1.59. The van der Waals surface area contributed by atoms with Crippen LogP contribution in [-0.2, 0) is 19.1 Å². The highest BCUT2D eigenvalue weighted by atomic mass is 16.5. The third kappa shape index (κ3) is 11.1. The van der Waals surface area contributed by atoms with Crippen molar-refractivity contribution in [3.05, 3.63) is 0 Å². The van der Waals surface area contributed by atoms with Crippen LogP contribution in [-0.4, -0.2) is 37.0 Å². The molecule has 0 heterocycles. The number of nitrogens with one attached hydrogen (secondary N) is 2. The molecule has 0 aromatic heterocycles. The molecule has 0 aliphatic carbocycles. The molecule has 0 rings (SSSR count). The second kappa shape index (κ2) is 13.1. The molecule has 0 aliphatic rings. The van der Waals surface area contributed by atoms with Gasteiger partial charge < -0.3 is 15.4 Å². The van der Waals surface area contributed by atoms with Gasteiger partial charge in [-0.2, -0.15) is 0 Å². The fourth-order valence-electron chi connectivity index (χ4n) is 2.06. The van der Waals surface area contributed by atoms with Crippen molar-refractivity contribution in [2.45, 2.75) is 71.8 Å². The van der Waals surface area contributed by atoms with Crippen LogP contribution in [0, 0.1) is 0 Å². The van der Waals surface area contributed by atoms with Gasteiger partial charge in [-0.25, -0.2) is 4.79 Å². The van der Waals surface area contributed by atoms with Crippen LogP contribution in [0.4, 0.5) is 0 Å². The summed E-state index contributed by atoms with van der Waals surface area (Å²) in [6.45, 7) is 6.23. The Kier molecular flexibility index (Phi) is 12.2. The predicted octanol–water partition coefficient (Wildman–Crippen LogP) is 1.92. The first-order chi connectivity index (χ1) is 10.5. The minimum atomic E-state index is -0.620. The van der Waals surface area contributed by atoms with Crippen molar-refractivity contribution in [2.24, 2.45) is 0 Å². The first-order valence-electron chi connectivity index (χ1n) is 8.21. The molecule has 6 heteroatoms. The van der Waals surface area contributed by atoms with Gasteiger partial charge in [0.05, 0.1) is 6.61 Å². The van der Waals surface area contributed by atoms with Gasteiger partial charge in [-0.1, -0.05) is 26.2 Å². The second-order valence-corrected chi connectivity index (χ2v) is 5.31. The number of carbonyl (C=O) groups is 3. The lowest BCUT2D eigenvalue weighted by molar-refractivity contribution is -0.147. The summed E-state index contributed by atoms with van der Waals surface area (Å²) >= 11 is 0. The van der Waals surface area contributed by atoms with Crippen LogP contribution in [0.3, 0.4) is 0 Å². The van der Waals surface area contributed by atoms with Crippen molar-refractivity contribution < 1.29 is 19.1 Å². The van der Waals surface area contributed by atoms with Crippen molar-refractivity contribution in [3.8, 4) is 0 Å². The molecule has 0 saturated heterocycles. The first kappa shape index (κ1) is 20.4. The molecule has 0 unspecified atom stereocenters. The van der Waals surface area contributed by atoms with Gasteiger partial charge in [0.25, 0.3) is 0 Å². The second-order valence-electron chi connectivity index (χ2n) is 5.31. The zero-order chi connectivity index (χ0) is 16.8. The number of hydrogen-bond donors (Lipinski definition) is 2. The summed E-state index contributed by atoms with van der Waals surface area (Å²) in [5.41, 5.74) is 0. The van der Waals surface area contributed by atoms with E-state index in [1.54, 1.807) is 6.92 Å². The summed E-state index contributed by atoms with van der Waals surface area (Å²) in [4.78, 5) is 34.4. The Bertz CT molecular complexity index is 345. The van der Waals surface area contributed by atoms with Crippen molar-refractivity contribution in [1.29, 1.82) is 0 Å². The molecular formula is C16H30N2O4. The van der Waals surface area contributed by atoms with Gasteiger partial charge in [-0.15, -0.1) is 0 Å². The highest BCUT2D eigenvalue weighted by molar-refractivity contribution is 5.83. The van der Waals surface area contributed by atoms with E-state index < -0.39 is 12.0 Å². The SMILES string of the molecule is CCCCCNC(=O)CCCC[C@H](NC(C)=O)C(=O)OCC. The summed E-state index contributed by atoms with van der Waals surface area (Å²) < 4.78 is 4.93. The molecular weight excluding hydrogens is 284 g/mol. The highest BCUT2D eigenvalue weighted by Crippen LogP contribution is 2.06. The first-order valence-corrected chi connectivity index (χ1v) is 8.21. The third-order valence-electron chi connectivity index (χ3n) is 3.20. The van der Waals surface area contributed by atoms with E-state index in [4.69, 9.17) is 4.74 Å². The zero-order valence-electron chi connectivity index (χ0n) is 14.1. The van der Waals surface area contributed by atoms with Crippen molar-refractivity contribution in [3.63, 3.8) is 0 Å². The molecule has 2 N–H and O–H groups in total. The van der Waals surface area contributed by atoms with E-state index in [9.17, 15) is 14.4 Å². The van der Waals surface area contributed by atoms with Gasteiger partial charge in [0.1, 0.15) is 6.04 Å². The van der Waals surface area contributed by atoms with Gasteiger partial charge in [0.15, 0.2) is 0 Å². The minimum Gasteiger partial charge on any atom is -0.464 e. The molecule has 0 aromatic carbocycles. The van der Waals surface area contributed by atoms with Crippen molar-refractivity contribution in [1.82, 2.24) is 10.6 Å². The summed E-state index contributed by atoms with van der Waals surface area (Å²) in [6, 6.07) is -0.620. The van der Waals surface area contributed by atoms with Gasteiger partial charge in [0, 0.05) is 19.9 Å².